The molecule has 0 spiro atoms. The third-order valence-electron chi connectivity index (χ3n) is 3.41. The Morgan fingerprint density at radius 1 is 1.19 bits per heavy atom. The molecule has 112 valence electrons. The smallest absolute Gasteiger partial charge is 0.305 e. The number of rotatable bonds is 6. The van der Waals surface area contributed by atoms with Gasteiger partial charge in [0.05, 0.1) is 24.9 Å². The molecule has 2 rings (SSSR count). The van der Waals surface area contributed by atoms with E-state index in [1.54, 1.807) is 31.3 Å². The highest BCUT2D eigenvalue weighted by atomic mass is 16.5. The monoisotopic (exact) mass is 290 g/mol. The fourth-order valence-corrected chi connectivity index (χ4v) is 2.28. The van der Waals surface area contributed by atoms with Gasteiger partial charge in [0.15, 0.2) is 0 Å². The minimum absolute atomic E-state index is 0.216. The van der Waals surface area contributed by atoms with E-state index < -0.39 is 0 Å². The lowest BCUT2D eigenvalue weighted by Crippen LogP contribution is -2.39. The van der Waals surface area contributed by atoms with Crippen molar-refractivity contribution in [1.82, 2.24) is 9.80 Å². The molecule has 0 saturated heterocycles. The summed E-state index contributed by atoms with van der Waals surface area (Å²) in [5.74, 6) is -0.796. The molecule has 1 aromatic carbocycles. The molecule has 1 aromatic rings. The van der Waals surface area contributed by atoms with Crippen LogP contribution in [0.3, 0.4) is 0 Å². The number of carbonyl (C=O) groups excluding carboxylic acids is 3. The largest absolute Gasteiger partial charge is 0.469 e. The molecule has 1 heterocycles. The average molecular weight is 290 g/mol. The summed E-state index contributed by atoms with van der Waals surface area (Å²) in [6, 6.07) is 6.81. The van der Waals surface area contributed by atoms with Crippen LogP contribution < -0.4 is 0 Å². The molecule has 0 N–H and O–H groups in total. The van der Waals surface area contributed by atoms with Gasteiger partial charge in [0.25, 0.3) is 11.8 Å². The van der Waals surface area contributed by atoms with Gasteiger partial charge in [0.2, 0.25) is 0 Å². The van der Waals surface area contributed by atoms with E-state index in [4.69, 9.17) is 0 Å². The Bertz CT molecular complexity index is 536. The Morgan fingerprint density at radius 2 is 1.76 bits per heavy atom. The SMILES string of the molecule is COC(=O)CCCN(C)CN1C(=O)c2ccccc2C1=O. The van der Waals surface area contributed by atoms with E-state index in [2.05, 4.69) is 4.74 Å². The standard InChI is InChI=1S/C15H18N2O4/c1-16(9-5-8-13(18)21-2)10-17-14(19)11-6-3-4-7-12(11)15(17)20/h3-4,6-7H,5,8-10H2,1-2H3. The Morgan fingerprint density at radius 3 is 2.29 bits per heavy atom. The number of ether oxygens (including phenoxy) is 1. The molecule has 0 fully saturated rings. The molecule has 0 aromatic heterocycles. The third-order valence-corrected chi connectivity index (χ3v) is 3.41. The molecule has 21 heavy (non-hydrogen) atoms. The summed E-state index contributed by atoms with van der Waals surface area (Å²) in [5, 5.41) is 0. The van der Waals surface area contributed by atoms with Crippen molar-refractivity contribution in [3.8, 4) is 0 Å². The summed E-state index contributed by atoms with van der Waals surface area (Å²) in [6.07, 6.45) is 0.940. The summed E-state index contributed by atoms with van der Waals surface area (Å²) in [7, 11) is 3.16. The Labute approximate surface area is 123 Å². The van der Waals surface area contributed by atoms with Crippen LogP contribution in [0.5, 0.6) is 0 Å². The van der Waals surface area contributed by atoms with Crippen molar-refractivity contribution in [3.05, 3.63) is 35.4 Å². The molecule has 6 heteroatoms. The second-order valence-corrected chi connectivity index (χ2v) is 4.98. The number of benzene rings is 1. The molecule has 0 atom stereocenters. The second-order valence-electron chi connectivity index (χ2n) is 4.98. The highest BCUT2D eigenvalue weighted by Crippen LogP contribution is 2.22. The lowest BCUT2D eigenvalue weighted by molar-refractivity contribution is -0.140. The van der Waals surface area contributed by atoms with E-state index in [1.165, 1.54) is 12.0 Å². The quantitative estimate of drug-likeness (QED) is 0.580. The predicted molar refractivity (Wildman–Crippen MR) is 75.7 cm³/mol. The van der Waals surface area contributed by atoms with Crippen molar-refractivity contribution in [2.45, 2.75) is 12.8 Å². The fourth-order valence-electron chi connectivity index (χ4n) is 2.28. The van der Waals surface area contributed by atoms with Crippen LogP contribution in [0.1, 0.15) is 33.6 Å². The van der Waals surface area contributed by atoms with Crippen LogP contribution in [-0.2, 0) is 9.53 Å². The van der Waals surface area contributed by atoms with E-state index in [1.807, 2.05) is 4.90 Å². The minimum Gasteiger partial charge on any atom is -0.469 e. The molecule has 0 unspecified atom stereocenters. The molecule has 1 aliphatic heterocycles. The molecule has 1 aliphatic rings. The number of hydrogen-bond donors (Lipinski definition) is 0. The molecule has 2 amide bonds. The van der Waals surface area contributed by atoms with E-state index in [0.717, 1.165) is 0 Å². The van der Waals surface area contributed by atoms with E-state index >= 15 is 0 Å². The molecule has 0 aliphatic carbocycles. The van der Waals surface area contributed by atoms with Crippen LogP contribution in [0.2, 0.25) is 0 Å². The number of methoxy groups -OCH3 is 1. The number of hydrogen-bond acceptors (Lipinski definition) is 5. The third kappa shape index (κ3) is 3.28. The molecular formula is C15H18N2O4. The van der Waals surface area contributed by atoms with Gasteiger partial charge in [-0.05, 0) is 25.6 Å². The van der Waals surface area contributed by atoms with Gasteiger partial charge in [-0.1, -0.05) is 12.1 Å². The molecule has 0 bridgehead atoms. The summed E-state index contributed by atoms with van der Waals surface area (Å²) < 4.78 is 4.57. The van der Waals surface area contributed by atoms with Gasteiger partial charge in [-0.2, -0.15) is 0 Å². The minimum atomic E-state index is -0.268. The highest BCUT2D eigenvalue weighted by molar-refractivity contribution is 6.21. The molecule has 6 nitrogen and oxygen atoms in total. The fraction of sp³-hybridized carbons (Fsp3) is 0.400. The Kier molecular flexibility index (Phi) is 4.70. The lowest BCUT2D eigenvalue weighted by Gasteiger charge is -2.22. The summed E-state index contributed by atoms with van der Waals surface area (Å²) in [5.41, 5.74) is 0.899. The molecular weight excluding hydrogens is 272 g/mol. The summed E-state index contributed by atoms with van der Waals surface area (Å²) >= 11 is 0. The number of imide groups is 1. The maximum atomic E-state index is 12.2. The normalized spacial score (nSPS) is 13.8. The van der Waals surface area contributed by atoms with Crippen LogP contribution in [0, 0.1) is 0 Å². The van der Waals surface area contributed by atoms with Crippen LogP contribution in [-0.4, -0.2) is 55.0 Å². The summed E-state index contributed by atoms with van der Waals surface area (Å²) in [4.78, 5) is 38.4. The van der Waals surface area contributed by atoms with Gasteiger partial charge in [0.1, 0.15) is 0 Å². The second kappa shape index (κ2) is 6.49. The molecule has 0 radical (unpaired) electrons. The van der Waals surface area contributed by atoms with Crippen molar-refractivity contribution < 1.29 is 19.1 Å². The van der Waals surface area contributed by atoms with Gasteiger partial charge in [-0.15, -0.1) is 0 Å². The highest BCUT2D eigenvalue weighted by Gasteiger charge is 2.35. The lowest BCUT2D eigenvalue weighted by atomic mass is 10.1. The van der Waals surface area contributed by atoms with Gasteiger partial charge in [0, 0.05) is 13.0 Å². The van der Waals surface area contributed by atoms with Crippen molar-refractivity contribution >= 4 is 17.8 Å². The zero-order valence-corrected chi connectivity index (χ0v) is 12.2. The summed E-state index contributed by atoms with van der Waals surface area (Å²) in [6.45, 7) is 0.816. The molecule has 0 saturated carbocycles. The first-order valence-corrected chi connectivity index (χ1v) is 6.75. The number of nitrogens with zero attached hydrogens (tertiary/aromatic N) is 2. The Hall–Kier alpha value is -2.21. The number of fused-ring (bicyclic) bond motifs is 1. The number of carbonyl (C=O) groups is 3. The van der Waals surface area contributed by atoms with Gasteiger partial charge < -0.3 is 4.74 Å². The number of amides is 2. The Balaban J connectivity index is 1.91. The zero-order chi connectivity index (χ0) is 15.4. The first-order chi connectivity index (χ1) is 10.0. The van der Waals surface area contributed by atoms with E-state index in [9.17, 15) is 14.4 Å². The predicted octanol–water partition coefficient (Wildman–Crippen LogP) is 1.13. The van der Waals surface area contributed by atoms with E-state index in [-0.39, 0.29) is 24.5 Å². The van der Waals surface area contributed by atoms with Gasteiger partial charge in [-0.25, -0.2) is 0 Å². The first-order valence-electron chi connectivity index (χ1n) is 6.75. The van der Waals surface area contributed by atoms with Crippen LogP contribution >= 0.6 is 0 Å². The van der Waals surface area contributed by atoms with Crippen molar-refractivity contribution in [2.24, 2.45) is 0 Å². The first kappa shape index (κ1) is 15.2. The van der Waals surface area contributed by atoms with E-state index in [0.29, 0.717) is 30.5 Å². The average Bonchev–Trinajstić information content (AvgIpc) is 2.72. The van der Waals surface area contributed by atoms with Crippen molar-refractivity contribution in [2.75, 3.05) is 27.4 Å². The maximum absolute atomic E-state index is 12.2. The van der Waals surface area contributed by atoms with Gasteiger partial charge in [-0.3, -0.25) is 24.2 Å². The zero-order valence-electron chi connectivity index (χ0n) is 12.2. The van der Waals surface area contributed by atoms with Crippen molar-refractivity contribution in [3.63, 3.8) is 0 Å². The van der Waals surface area contributed by atoms with Gasteiger partial charge >= 0.3 is 5.97 Å². The van der Waals surface area contributed by atoms with Crippen molar-refractivity contribution in [1.29, 1.82) is 0 Å². The van der Waals surface area contributed by atoms with Crippen LogP contribution in [0.25, 0.3) is 0 Å². The van der Waals surface area contributed by atoms with Crippen LogP contribution in [0.4, 0.5) is 0 Å². The van der Waals surface area contributed by atoms with Crippen LogP contribution in [0.15, 0.2) is 24.3 Å². The topological polar surface area (TPSA) is 66.9 Å². The number of esters is 1. The maximum Gasteiger partial charge on any atom is 0.305 e.